The number of halogens is 1. The Morgan fingerprint density at radius 2 is 1.78 bits per heavy atom. The van der Waals surface area contributed by atoms with Gasteiger partial charge < -0.3 is 9.80 Å². The van der Waals surface area contributed by atoms with Crippen molar-refractivity contribution in [3.63, 3.8) is 0 Å². The molecule has 1 fully saturated rings. The highest BCUT2D eigenvalue weighted by Gasteiger charge is 2.21. The maximum Gasteiger partial charge on any atom is 0.178 e. The van der Waals surface area contributed by atoms with E-state index in [1.54, 1.807) is 4.52 Å². The van der Waals surface area contributed by atoms with E-state index in [9.17, 15) is 0 Å². The normalized spacial score (nSPS) is 15.0. The fraction of sp³-hybridized carbons (Fsp3) is 0.278. The van der Waals surface area contributed by atoms with E-state index in [1.165, 1.54) is 0 Å². The predicted molar refractivity (Wildman–Crippen MR) is 107 cm³/mol. The summed E-state index contributed by atoms with van der Waals surface area (Å²) < 4.78 is 2.73. The van der Waals surface area contributed by atoms with Gasteiger partial charge in [0.1, 0.15) is 11.3 Å². The minimum atomic E-state index is 0.773. The lowest BCUT2D eigenvalue weighted by Gasteiger charge is -2.36. The van der Waals surface area contributed by atoms with Crippen LogP contribution >= 0.6 is 15.9 Å². The van der Waals surface area contributed by atoms with Crippen molar-refractivity contribution < 1.29 is 0 Å². The molecule has 1 saturated heterocycles. The summed E-state index contributed by atoms with van der Waals surface area (Å²) in [6.07, 6.45) is 3.67. The van der Waals surface area contributed by atoms with Crippen molar-refractivity contribution >= 4 is 44.1 Å². The zero-order valence-corrected chi connectivity index (χ0v) is 16.3. The molecule has 0 amide bonds. The number of rotatable bonds is 2. The molecule has 0 atom stereocenters. The molecule has 9 heteroatoms. The first-order chi connectivity index (χ1) is 13.2. The van der Waals surface area contributed by atoms with Gasteiger partial charge in [0, 0.05) is 43.0 Å². The van der Waals surface area contributed by atoms with E-state index in [2.05, 4.69) is 51.0 Å². The smallest absolute Gasteiger partial charge is 0.178 e. The summed E-state index contributed by atoms with van der Waals surface area (Å²) in [7, 11) is 0. The Morgan fingerprint density at radius 1 is 0.963 bits per heavy atom. The fourth-order valence-corrected chi connectivity index (χ4v) is 3.80. The molecule has 27 heavy (non-hydrogen) atoms. The van der Waals surface area contributed by atoms with Crippen LogP contribution in [0.4, 0.5) is 11.5 Å². The molecule has 8 nitrogen and oxygen atoms in total. The van der Waals surface area contributed by atoms with Crippen LogP contribution in [-0.2, 0) is 0 Å². The van der Waals surface area contributed by atoms with E-state index in [1.807, 2.05) is 43.6 Å². The van der Waals surface area contributed by atoms with Crippen molar-refractivity contribution in [1.82, 2.24) is 29.8 Å². The van der Waals surface area contributed by atoms with Crippen molar-refractivity contribution in [2.75, 3.05) is 36.0 Å². The summed E-state index contributed by atoms with van der Waals surface area (Å²) in [5, 5.41) is 12.9. The predicted octanol–water partition coefficient (Wildman–Crippen LogP) is 2.47. The second-order valence-corrected chi connectivity index (χ2v) is 7.45. The molecular weight excluding hydrogens is 408 g/mol. The molecule has 1 aliphatic heterocycles. The Morgan fingerprint density at radius 3 is 2.63 bits per heavy atom. The number of hydrogen-bond acceptors (Lipinski definition) is 7. The lowest BCUT2D eigenvalue weighted by molar-refractivity contribution is 0.641. The monoisotopic (exact) mass is 424 g/mol. The summed E-state index contributed by atoms with van der Waals surface area (Å²) >= 11 is 3.47. The zero-order chi connectivity index (χ0) is 18.4. The third kappa shape index (κ3) is 2.87. The number of aromatic nitrogens is 6. The molecule has 0 aromatic carbocycles. The number of piperazine rings is 1. The van der Waals surface area contributed by atoms with Crippen molar-refractivity contribution in [3.05, 3.63) is 47.0 Å². The number of hydrogen-bond donors (Lipinski definition) is 0. The molecule has 0 aliphatic carbocycles. The van der Waals surface area contributed by atoms with Gasteiger partial charge in [0.2, 0.25) is 0 Å². The van der Waals surface area contributed by atoms with E-state index in [4.69, 9.17) is 0 Å². The van der Waals surface area contributed by atoms with Gasteiger partial charge in [-0.1, -0.05) is 0 Å². The Labute approximate surface area is 164 Å². The number of anilines is 2. The van der Waals surface area contributed by atoms with Gasteiger partial charge in [0.15, 0.2) is 11.5 Å². The van der Waals surface area contributed by atoms with Gasteiger partial charge >= 0.3 is 0 Å². The second kappa shape index (κ2) is 6.41. The van der Waals surface area contributed by atoms with Gasteiger partial charge in [0.05, 0.1) is 11.2 Å². The van der Waals surface area contributed by atoms with Gasteiger partial charge in [-0.3, -0.25) is 9.97 Å². The molecule has 0 bridgehead atoms. The SMILES string of the molecule is Cc1nnc2ccc(N3CCN(c4ccnc5cc(Br)cnc45)CC3)nn12. The molecule has 5 heterocycles. The summed E-state index contributed by atoms with van der Waals surface area (Å²) in [6.45, 7) is 5.49. The number of pyridine rings is 2. The van der Waals surface area contributed by atoms with Crippen LogP contribution in [0.3, 0.4) is 0 Å². The molecule has 0 radical (unpaired) electrons. The van der Waals surface area contributed by atoms with Crippen LogP contribution in [0.25, 0.3) is 16.7 Å². The molecule has 0 saturated carbocycles. The Kier molecular flexibility index (Phi) is 3.89. The van der Waals surface area contributed by atoms with Gasteiger partial charge in [-0.05, 0) is 47.1 Å². The number of nitrogens with zero attached hydrogens (tertiary/aromatic N) is 8. The average molecular weight is 425 g/mol. The van der Waals surface area contributed by atoms with Crippen LogP contribution in [0.5, 0.6) is 0 Å². The van der Waals surface area contributed by atoms with Gasteiger partial charge in [-0.2, -0.15) is 4.52 Å². The van der Waals surface area contributed by atoms with E-state index in [0.29, 0.717) is 0 Å². The second-order valence-electron chi connectivity index (χ2n) is 6.53. The molecule has 5 rings (SSSR count). The largest absolute Gasteiger partial charge is 0.366 e. The van der Waals surface area contributed by atoms with Crippen molar-refractivity contribution in [2.24, 2.45) is 0 Å². The molecule has 4 aromatic rings. The maximum atomic E-state index is 4.69. The quantitative estimate of drug-likeness (QED) is 0.489. The number of aryl methyl sites for hydroxylation is 1. The van der Waals surface area contributed by atoms with Gasteiger partial charge in [-0.25, -0.2) is 0 Å². The van der Waals surface area contributed by atoms with Crippen LogP contribution in [-0.4, -0.2) is 56.0 Å². The first kappa shape index (κ1) is 16.4. The molecule has 0 spiro atoms. The highest BCUT2D eigenvalue weighted by atomic mass is 79.9. The molecule has 0 N–H and O–H groups in total. The summed E-state index contributed by atoms with van der Waals surface area (Å²) in [5.74, 6) is 1.75. The van der Waals surface area contributed by atoms with Gasteiger partial charge in [-0.15, -0.1) is 15.3 Å². The fourth-order valence-electron chi connectivity index (χ4n) is 3.48. The molecule has 136 valence electrons. The Bertz CT molecular complexity index is 1130. The summed E-state index contributed by atoms with van der Waals surface area (Å²) in [5.41, 5.74) is 3.74. The van der Waals surface area contributed by atoms with Crippen molar-refractivity contribution in [3.8, 4) is 0 Å². The molecule has 4 aromatic heterocycles. The van der Waals surface area contributed by atoms with Crippen molar-refractivity contribution in [2.45, 2.75) is 6.92 Å². The van der Waals surface area contributed by atoms with E-state index < -0.39 is 0 Å². The van der Waals surface area contributed by atoms with Crippen LogP contribution in [0.2, 0.25) is 0 Å². The standard InChI is InChI=1S/C18H17BrN8/c1-12-22-23-16-2-3-17(24-27(12)16)26-8-6-25(7-9-26)15-4-5-20-14-10-13(19)11-21-18(14)15/h2-5,10-11H,6-9H2,1H3. The topological polar surface area (TPSA) is 75.3 Å². The summed E-state index contributed by atoms with van der Waals surface area (Å²) in [6, 6.07) is 8.03. The number of fused-ring (bicyclic) bond motifs is 2. The highest BCUT2D eigenvalue weighted by Crippen LogP contribution is 2.27. The first-order valence-corrected chi connectivity index (χ1v) is 9.57. The van der Waals surface area contributed by atoms with Gasteiger partial charge in [0.25, 0.3) is 0 Å². The minimum absolute atomic E-state index is 0.773. The maximum absolute atomic E-state index is 4.69. The lowest BCUT2D eigenvalue weighted by Crippen LogP contribution is -2.47. The average Bonchev–Trinajstić information content (AvgIpc) is 3.08. The van der Waals surface area contributed by atoms with Crippen molar-refractivity contribution in [1.29, 1.82) is 0 Å². The molecule has 1 aliphatic rings. The Hall–Kier alpha value is -2.81. The van der Waals surface area contributed by atoms with Crippen LogP contribution in [0, 0.1) is 6.92 Å². The third-order valence-corrected chi connectivity index (χ3v) is 5.31. The van der Waals surface area contributed by atoms with E-state index in [0.717, 1.165) is 64.7 Å². The highest BCUT2D eigenvalue weighted by molar-refractivity contribution is 9.10. The first-order valence-electron chi connectivity index (χ1n) is 8.78. The van der Waals surface area contributed by atoms with E-state index >= 15 is 0 Å². The van der Waals surface area contributed by atoms with E-state index in [-0.39, 0.29) is 0 Å². The zero-order valence-electron chi connectivity index (χ0n) is 14.7. The summed E-state index contributed by atoms with van der Waals surface area (Å²) in [4.78, 5) is 13.7. The third-order valence-electron chi connectivity index (χ3n) is 4.87. The minimum Gasteiger partial charge on any atom is -0.366 e. The molecule has 0 unspecified atom stereocenters. The van der Waals surface area contributed by atoms with Crippen LogP contribution < -0.4 is 9.80 Å². The Balaban J connectivity index is 1.39. The van der Waals surface area contributed by atoms with Crippen LogP contribution in [0.15, 0.2) is 41.1 Å². The van der Waals surface area contributed by atoms with Crippen LogP contribution in [0.1, 0.15) is 5.82 Å². The lowest BCUT2D eigenvalue weighted by atomic mass is 10.2. The molecular formula is C18H17BrN8.